The molecule has 1 aromatic rings. The Labute approximate surface area is 93.8 Å². The minimum Gasteiger partial charge on any atom is -0.492 e. The molecule has 0 aliphatic heterocycles. The molecule has 1 rings (SSSR count). The van der Waals surface area contributed by atoms with Crippen molar-refractivity contribution < 1.29 is 4.74 Å². The predicted molar refractivity (Wildman–Crippen MR) is 58.1 cm³/mol. The van der Waals surface area contributed by atoms with Crippen LogP contribution in [0.1, 0.15) is 5.56 Å². The summed E-state index contributed by atoms with van der Waals surface area (Å²) in [5.74, 6) is 0.762. The van der Waals surface area contributed by atoms with Gasteiger partial charge in [0, 0.05) is 5.33 Å². The summed E-state index contributed by atoms with van der Waals surface area (Å²) in [5.41, 5.74) is 0.623. The van der Waals surface area contributed by atoms with Crippen molar-refractivity contribution >= 4 is 31.9 Å². The van der Waals surface area contributed by atoms with Gasteiger partial charge in [0.1, 0.15) is 5.75 Å². The van der Waals surface area contributed by atoms with Gasteiger partial charge >= 0.3 is 0 Å². The van der Waals surface area contributed by atoms with Gasteiger partial charge in [-0.15, -0.1) is 0 Å². The lowest BCUT2D eigenvalue weighted by atomic mass is 10.2. The molecule has 0 aliphatic carbocycles. The van der Waals surface area contributed by atoms with E-state index in [1.165, 1.54) is 0 Å². The molecule has 0 bridgehead atoms. The maximum absolute atomic E-state index is 8.61. The van der Waals surface area contributed by atoms with Crippen molar-refractivity contribution in [2.24, 2.45) is 0 Å². The molecule has 0 amide bonds. The summed E-state index contributed by atoms with van der Waals surface area (Å²) < 4.78 is 6.19. The quantitative estimate of drug-likeness (QED) is 0.804. The molecule has 68 valence electrons. The molecule has 0 N–H and O–H groups in total. The second-order valence-corrected chi connectivity index (χ2v) is 3.94. The molecule has 4 heteroatoms. The average Bonchev–Trinajstić information content (AvgIpc) is 2.16. The summed E-state index contributed by atoms with van der Waals surface area (Å²) in [7, 11) is 0. The smallest absolute Gasteiger partial charge is 0.133 e. The molecule has 0 heterocycles. The summed E-state index contributed by atoms with van der Waals surface area (Å²) in [5, 5.41) is 9.40. The third-order valence-corrected chi connectivity index (χ3v) is 2.34. The monoisotopic (exact) mass is 303 g/mol. The predicted octanol–water partition coefficient (Wildman–Crippen LogP) is 3.09. The van der Waals surface area contributed by atoms with Crippen LogP contribution in [-0.4, -0.2) is 11.9 Å². The van der Waals surface area contributed by atoms with Crippen LogP contribution in [0.5, 0.6) is 5.75 Å². The van der Waals surface area contributed by atoms with Gasteiger partial charge < -0.3 is 4.74 Å². The first-order chi connectivity index (χ1) is 6.27. The molecule has 0 spiro atoms. The van der Waals surface area contributed by atoms with Crippen LogP contribution in [0.15, 0.2) is 22.7 Å². The maximum atomic E-state index is 8.61. The zero-order chi connectivity index (χ0) is 9.68. The zero-order valence-electron chi connectivity index (χ0n) is 6.76. The molecule has 0 aromatic heterocycles. The molecule has 0 unspecified atom stereocenters. The number of ether oxygens (including phenoxy) is 1. The van der Waals surface area contributed by atoms with Crippen LogP contribution in [0.4, 0.5) is 0 Å². The third kappa shape index (κ3) is 3.02. The highest BCUT2D eigenvalue weighted by Gasteiger charge is 2.01. The summed E-state index contributed by atoms with van der Waals surface area (Å²) >= 11 is 6.59. The van der Waals surface area contributed by atoms with Crippen molar-refractivity contribution in [1.29, 1.82) is 5.26 Å². The Hall–Kier alpha value is -0.530. The van der Waals surface area contributed by atoms with Gasteiger partial charge in [-0.2, -0.15) is 5.26 Å². The molecule has 13 heavy (non-hydrogen) atoms. The van der Waals surface area contributed by atoms with Gasteiger partial charge in [0.2, 0.25) is 0 Å². The molecule has 1 aromatic carbocycles. The van der Waals surface area contributed by atoms with Gasteiger partial charge in [-0.1, -0.05) is 15.9 Å². The largest absolute Gasteiger partial charge is 0.492 e. The zero-order valence-corrected chi connectivity index (χ0v) is 9.93. The number of rotatable bonds is 3. The van der Waals surface area contributed by atoms with Crippen LogP contribution in [-0.2, 0) is 0 Å². The molecule has 0 aliphatic rings. The Morgan fingerprint density at radius 3 is 2.77 bits per heavy atom. The van der Waals surface area contributed by atoms with Crippen molar-refractivity contribution in [3.05, 3.63) is 28.2 Å². The molecular weight excluding hydrogens is 298 g/mol. The van der Waals surface area contributed by atoms with E-state index < -0.39 is 0 Å². The lowest BCUT2D eigenvalue weighted by Gasteiger charge is -2.05. The maximum Gasteiger partial charge on any atom is 0.133 e. The first-order valence-corrected chi connectivity index (χ1v) is 5.58. The number of halogens is 2. The lowest BCUT2D eigenvalue weighted by Crippen LogP contribution is -1.98. The highest BCUT2D eigenvalue weighted by molar-refractivity contribution is 9.10. The van der Waals surface area contributed by atoms with Gasteiger partial charge in [-0.25, -0.2) is 0 Å². The first-order valence-electron chi connectivity index (χ1n) is 3.66. The van der Waals surface area contributed by atoms with Crippen molar-refractivity contribution in [1.82, 2.24) is 0 Å². The fourth-order valence-corrected chi connectivity index (χ4v) is 1.49. The number of alkyl halides is 1. The molecular formula is C9H7Br2NO. The van der Waals surface area contributed by atoms with Gasteiger partial charge in [0.25, 0.3) is 0 Å². The average molecular weight is 305 g/mol. The topological polar surface area (TPSA) is 33.0 Å². The van der Waals surface area contributed by atoms with Gasteiger partial charge in [0.05, 0.1) is 22.7 Å². The van der Waals surface area contributed by atoms with Crippen LogP contribution in [0, 0.1) is 11.3 Å². The summed E-state index contributed by atoms with van der Waals surface area (Å²) in [6.07, 6.45) is 0. The Morgan fingerprint density at radius 2 is 2.23 bits per heavy atom. The van der Waals surface area contributed by atoms with Crippen LogP contribution in [0.25, 0.3) is 0 Å². The van der Waals surface area contributed by atoms with E-state index in [1.54, 1.807) is 18.2 Å². The van der Waals surface area contributed by atoms with Crippen molar-refractivity contribution in [2.45, 2.75) is 0 Å². The van der Waals surface area contributed by atoms with E-state index in [1.807, 2.05) is 0 Å². The second-order valence-electron chi connectivity index (χ2n) is 2.29. The van der Waals surface area contributed by atoms with Crippen LogP contribution in [0.2, 0.25) is 0 Å². The first kappa shape index (κ1) is 10.6. The van der Waals surface area contributed by atoms with E-state index in [0.29, 0.717) is 12.2 Å². The SMILES string of the molecule is N#Cc1ccc(OCCBr)c(Br)c1. The van der Waals surface area contributed by atoms with Crippen molar-refractivity contribution in [3.8, 4) is 11.8 Å². The Bertz CT molecular complexity index is 333. The second kappa shape index (κ2) is 5.25. The van der Waals surface area contributed by atoms with E-state index in [-0.39, 0.29) is 0 Å². The lowest BCUT2D eigenvalue weighted by molar-refractivity contribution is 0.343. The van der Waals surface area contributed by atoms with E-state index in [2.05, 4.69) is 37.9 Å². The Morgan fingerprint density at radius 1 is 1.46 bits per heavy atom. The summed E-state index contributed by atoms with van der Waals surface area (Å²) in [4.78, 5) is 0. The summed E-state index contributed by atoms with van der Waals surface area (Å²) in [6.45, 7) is 0.616. The summed E-state index contributed by atoms with van der Waals surface area (Å²) in [6, 6.07) is 7.31. The van der Waals surface area contributed by atoms with Gasteiger partial charge in [-0.05, 0) is 34.1 Å². The number of nitrogens with zero attached hydrogens (tertiary/aromatic N) is 1. The minimum atomic E-state index is 0.616. The van der Waals surface area contributed by atoms with E-state index in [9.17, 15) is 0 Å². The van der Waals surface area contributed by atoms with E-state index >= 15 is 0 Å². The molecule has 0 fully saturated rings. The fourth-order valence-electron chi connectivity index (χ4n) is 0.836. The third-order valence-electron chi connectivity index (χ3n) is 1.40. The molecule has 0 atom stereocenters. The van der Waals surface area contributed by atoms with E-state index in [4.69, 9.17) is 10.00 Å². The molecule has 0 radical (unpaired) electrons. The van der Waals surface area contributed by atoms with Crippen LogP contribution < -0.4 is 4.74 Å². The minimum absolute atomic E-state index is 0.616. The molecule has 2 nitrogen and oxygen atoms in total. The van der Waals surface area contributed by atoms with Crippen LogP contribution in [0.3, 0.4) is 0 Å². The van der Waals surface area contributed by atoms with E-state index in [0.717, 1.165) is 15.6 Å². The Balaban J connectivity index is 2.81. The van der Waals surface area contributed by atoms with Gasteiger partial charge in [0.15, 0.2) is 0 Å². The highest BCUT2D eigenvalue weighted by atomic mass is 79.9. The molecule has 0 saturated carbocycles. The van der Waals surface area contributed by atoms with Crippen molar-refractivity contribution in [2.75, 3.05) is 11.9 Å². The number of benzene rings is 1. The highest BCUT2D eigenvalue weighted by Crippen LogP contribution is 2.25. The number of nitriles is 1. The van der Waals surface area contributed by atoms with Gasteiger partial charge in [-0.3, -0.25) is 0 Å². The standard InChI is InChI=1S/C9H7Br2NO/c10-3-4-13-9-2-1-7(6-12)5-8(9)11/h1-2,5H,3-4H2. The number of hydrogen-bond acceptors (Lipinski definition) is 2. The molecule has 0 saturated heterocycles. The van der Waals surface area contributed by atoms with Crippen molar-refractivity contribution in [3.63, 3.8) is 0 Å². The van der Waals surface area contributed by atoms with Crippen LogP contribution >= 0.6 is 31.9 Å². The normalized spacial score (nSPS) is 9.31. The fraction of sp³-hybridized carbons (Fsp3) is 0.222. The number of hydrogen-bond donors (Lipinski definition) is 0. The Kier molecular flexibility index (Phi) is 4.26.